The Hall–Kier alpha value is -0.570. The number of aliphatic hydroxyl groups excluding tert-OH is 1. The molecule has 0 amide bonds. The summed E-state index contributed by atoms with van der Waals surface area (Å²) in [5, 5.41) is 9.05. The fourth-order valence-corrected chi connectivity index (χ4v) is 1.41. The maximum absolute atomic E-state index is 9.05. The summed E-state index contributed by atoms with van der Waals surface area (Å²) < 4.78 is 0. The summed E-state index contributed by atoms with van der Waals surface area (Å²) in [5.41, 5.74) is 0. The van der Waals surface area contributed by atoms with Crippen LogP contribution in [0.4, 0.5) is 0 Å². The summed E-state index contributed by atoms with van der Waals surface area (Å²) in [7, 11) is 1.81. The summed E-state index contributed by atoms with van der Waals surface area (Å²) in [6.45, 7) is 5.75. The molecule has 1 rings (SSSR count). The molecule has 0 radical (unpaired) electrons. The molecule has 1 saturated heterocycles. The van der Waals surface area contributed by atoms with Crippen LogP contribution in [-0.4, -0.2) is 42.1 Å². The second-order valence-corrected chi connectivity index (χ2v) is 3.30. The van der Waals surface area contributed by atoms with Gasteiger partial charge in [-0.05, 0) is 0 Å². The monoisotopic (exact) mass is 156 g/mol. The second kappa shape index (κ2) is 3.22. The van der Waals surface area contributed by atoms with Crippen LogP contribution in [0.1, 0.15) is 13.8 Å². The van der Waals surface area contributed by atoms with Gasteiger partial charge in [-0.3, -0.25) is 4.99 Å². The van der Waals surface area contributed by atoms with E-state index in [1.54, 1.807) is 7.05 Å². The average molecular weight is 156 g/mol. The molecule has 0 bridgehead atoms. The molecular formula is C8H16N2O. The van der Waals surface area contributed by atoms with Gasteiger partial charge >= 0.3 is 0 Å². The minimum absolute atomic E-state index is 0.134. The third kappa shape index (κ3) is 1.71. The van der Waals surface area contributed by atoms with Crippen molar-refractivity contribution < 1.29 is 5.11 Å². The fourth-order valence-electron chi connectivity index (χ4n) is 1.41. The predicted molar refractivity (Wildman–Crippen MR) is 45.8 cm³/mol. The second-order valence-electron chi connectivity index (χ2n) is 3.30. The predicted octanol–water partition coefficient (Wildman–Crippen LogP) is 0.347. The van der Waals surface area contributed by atoms with Crippen LogP contribution in [0.25, 0.3) is 0 Å². The molecule has 0 saturated carbocycles. The molecule has 1 aliphatic heterocycles. The molecule has 0 atom stereocenters. The number of hydrogen-bond donors (Lipinski definition) is 1. The molecule has 1 N–H and O–H groups in total. The molecule has 1 heterocycles. The largest absolute Gasteiger partial charge is 0.389 e. The first-order valence-corrected chi connectivity index (χ1v) is 4.04. The van der Waals surface area contributed by atoms with Crippen molar-refractivity contribution in [2.45, 2.75) is 20.0 Å². The Labute approximate surface area is 67.7 Å². The average Bonchev–Trinajstić information content (AvgIpc) is 1.85. The highest BCUT2D eigenvalue weighted by Gasteiger charge is 2.27. The van der Waals surface area contributed by atoms with E-state index in [9.17, 15) is 0 Å². The van der Waals surface area contributed by atoms with Crippen molar-refractivity contribution >= 4 is 5.84 Å². The lowest BCUT2D eigenvalue weighted by Gasteiger charge is -2.39. The van der Waals surface area contributed by atoms with E-state index in [4.69, 9.17) is 5.11 Å². The Morgan fingerprint density at radius 2 is 2.09 bits per heavy atom. The first-order valence-electron chi connectivity index (χ1n) is 4.04. The number of amidine groups is 1. The molecule has 0 aromatic heterocycles. The number of β-amino-alcohol motifs (C(OH)–C–C–N with tert-alkyl or cyclic N) is 1. The fraction of sp³-hybridized carbons (Fsp3) is 0.875. The van der Waals surface area contributed by atoms with E-state index >= 15 is 0 Å². The van der Waals surface area contributed by atoms with Crippen LogP contribution in [0.5, 0.6) is 0 Å². The van der Waals surface area contributed by atoms with Gasteiger partial charge in [0.15, 0.2) is 0 Å². The van der Waals surface area contributed by atoms with Crippen molar-refractivity contribution in [2.75, 3.05) is 20.1 Å². The highest BCUT2D eigenvalue weighted by atomic mass is 16.3. The Balaban J connectivity index is 2.46. The number of nitrogens with zero attached hydrogens (tertiary/aromatic N) is 2. The van der Waals surface area contributed by atoms with Crippen molar-refractivity contribution in [1.82, 2.24) is 4.90 Å². The Bertz CT molecular complexity index is 159. The van der Waals surface area contributed by atoms with Crippen LogP contribution in [0.15, 0.2) is 4.99 Å². The number of aliphatic imine (C=N–C) groups is 1. The lowest BCUT2D eigenvalue weighted by Crippen LogP contribution is -2.54. The highest BCUT2D eigenvalue weighted by Crippen LogP contribution is 2.12. The first-order chi connectivity index (χ1) is 5.15. The van der Waals surface area contributed by atoms with Crippen molar-refractivity contribution in [3.05, 3.63) is 0 Å². The van der Waals surface area contributed by atoms with Gasteiger partial charge in [-0.25, -0.2) is 0 Å². The molecule has 0 unspecified atom stereocenters. The molecule has 1 aliphatic rings. The standard InChI is InChI=1S/C8H16N2O/c1-6(2)8(9-3)10-4-7(11)5-10/h6-7,11H,4-5H2,1-3H3. The molecule has 0 spiro atoms. The zero-order valence-electron chi connectivity index (χ0n) is 7.41. The van der Waals surface area contributed by atoms with E-state index in [0.29, 0.717) is 5.92 Å². The van der Waals surface area contributed by atoms with Crippen LogP contribution >= 0.6 is 0 Å². The summed E-state index contributed by atoms with van der Waals surface area (Å²) in [6.07, 6.45) is -0.134. The third-order valence-corrected chi connectivity index (χ3v) is 1.93. The van der Waals surface area contributed by atoms with Crippen LogP contribution in [-0.2, 0) is 0 Å². The quantitative estimate of drug-likeness (QED) is 0.439. The molecule has 1 fully saturated rings. The minimum Gasteiger partial charge on any atom is -0.389 e. The first kappa shape index (κ1) is 8.53. The van der Waals surface area contributed by atoms with Crippen molar-refractivity contribution in [3.8, 4) is 0 Å². The maximum Gasteiger partial charge on any atom is 0.101 e. The molecule has 11 heavy (non-hydrogen) atoms. The maximum atomic E-state index is 9.05. The Morgan fingerprint density at radius 1 is 1.55 bits per heavy atom. The molecule has 64 valence electrons. The smallest absolute Gasteiger partial charge is 0.101 e. The van der Waals surface area contributed by atoms with Gasteiger partial charge in [0.25, 0.3) is 0 Å². The van der Waals surface area contributed by atoms with Gasteiger partial charge in [0.2, 0.25) is 0 Å². The van der Waals surface area contributed by atoms with Gasteiger partial charge in [-0.2, -0.15) is 0 Å². The molecule has 3 nitrogen and oxygen atoms in total. The molecule has 0 aliphatic carbocycles. The zero-order chi connectivity index (χ0) is 8.43. The van der Waals surface area contributed by atoms with E-state index in [0.717, 1.165) is 18.9 Å². The normalized spacial score (nSPS) is 20.8. The lowest BCUT2D eigenvalue weighted by molar-refractivity contribution is 0.0439. The van der Waals surface area contributed by atoms with E-state index in [1.165, 1.54) is 0 Å². The molecule has 0 aromatic rings. The summed E-state index contributed by atoms with van der Waals surface area (Å²) in [6, 6.07) is 0. The number of hydrogen-bond acceptors (Lipinski definition) is 2. The van der Waals surface area contributed by atoms with Gasteiger partial charge in [0.05, 0.1) is 6.10 Å². The van der Waals surface area contributed by atoms with Gasteiger partial charge in [-0.15, -0.1) is 0 Å². The molecular weight excluding hydrogens is 140 g/mol. The number of rotatable bonds is 1. The van der Waals surface area contributed by atoms with Crippen molar-refractivity contribution in [3.63, 3.8) is 0 Å². The van der Waals surface area contributed by atoms with E-state index < -0.39 is 0 Å². The molecule has 3 heteroatoms. The lowest BCUT2D eigenvalue weighted by atomic mass is 10.1. The Kier molecular flexibility index (Phi) is 2.49. The number of likely N-dealkylation sites (tertiary alicyclic amines) is 1. The zero-order valence-corrected chi connectivity index (χ0v) is 7.41. The van der Waals surface area contributed by atoms with Crippen LogP contribution in [0, 0.1) is 5.92 Å². The number of aliphatic hydroxyl groups is 1. The van der Waals surface area contributed by atoms with Gasteiger partial charge in [-0.1, -0.05) is 13.8 Å². The van der Waals surface area contributed by atoms with Gasteiger partial charge < -0.3 is 10.0 Å². The van der Waals surface area contributed by atoms with Gasteiger partial charge in [0.1, 0.15) is 5.84 Å². The molecule has 0 aromatic carbocycles. The summed E-state index contributed by atoms with van der Waals surface area (Å²) in [5.74, 6) is 1.57. The van der Waals surface area contributed by atoms with Crippen LogP contribution in [0.3, 0.4) is 0 Å². The SMILES string of the molecule is CN=C(C(C)C)N1CC(O)C1. The highest BCUT2D eigenvalue weighted by molar-refractivity contribution is 5.84. The summed E-state index contributed by atoms with van der Waals surface area (Å²) in [4.78, 5) is 6.30. The van der Waals surface area contributed by atoms with E-state index in [1.807, 2.05) is 0 Å². The summed E-state index contributed by atoms with van der Waals surface area (Å²) >= 11 is 0. The van der Waals surface area contributed by atoms with Crippen molar-refractivity contribution in [1.29, 1.82) is 0 Å². The van der Waals surface area contributed by atoms with Crippen LogP contribution in [0.2, 0.25) is 0 Å². The van der Waals surface area contributed by atoms with Crippen molar-refractivity contribution in [2.24, 2.45) is 10.9 Å². The third-order valence-electron chi connectivity index (χ3n) is 1.93. The topological polar surface area (TPSA) is 35.8 Å². The van der Waals surface area contributed by atoms with E-state index in [2.05, 4.69) is 23.7 Å². The Morgan fingerprint density at radius 3 is 2.36 bits per heavy atom. The minimum atomic E-state index is -0.134. The van der Waals surface area contributed by atoms with Gasteiger partial charge in [0, 0.05) is 26.1 Å². The van der Waals surface area contributed by atoms with E-state index in [-0.39, 0.29) is 6.10 Å². The van der Waals surface area contributed by atoms with Crippen LogP contribution < -0.4 is 0 Å².